The van der Waals surface area contributed by atoms with E-state index in [1.165, 1.54) is 17.7 Å². The summed E-state index contributed by atoms with van der Waals surface area (Å²) in [7, 11) is 1.90. The first-order valence-corrected chi connectivity index (χ1v) is 9.40. The Bertz CT molecular complexity index is 956. The van der Waals surface area contributed by atoms with Crippen molar-refractivity contribution in [3.63, 3.8) is 0 Å². The Morgan fingerprint density at radius 2 is 2.00 bits per heavy atom. The van der Waals surface area contributed by atoms with Gasteiger partial charge in [0.2, 0.25) is 0 Å². The number of carboxylic acid groups (broad SMARTS) is 1. The first-order chi connectivity index (χ1) is 12.0. The lowest BCUT2D eigenvalue weighted by atomic mass is 9.94. The van der Waals surface area contributed by atoms with Crippen molar-refractivity contribution < 1.29 is 14.3 Å². The summed E-state index contributed by atoms with van der Waals surface area (Å²) >= 11 is 1.94. The lowest BCUT2D eigenvalue weighted by molar-refractivity contribution is 0.0698. The molecule has 128 valence electrons. The molecule has 25 heavy (non-hydrogen) atoms. The van der Waals surface area contributed by atoms with Gasteiger partial charge in [-0.2, -0.15) is 11.8 Å². The van der Waals surface area contributed by atoms with Crippen LogP contribution in [0.3, 0.4) is 0 Å². The first kappa shape index (κ1) is 16.2. The summed E-state index contributed by atoms with van der Waals surface area (Å²) < 4.78 is 15.2. The molecule has 1 saturated heterocycles. The van der Waals surface area contributed by atoms with Crippen LogP contribution in [0.15, 0.2) is 42.6 Å². The van der Waals surface area contributed by atoms with E-state index in [4.69, 9.17) is 0 Å². The van der Waals surface area contributed by atoms with Gasteiger partial charge in [0.1, 0.15) is 5.82 Å². The Balaban J connectivity index is 1.97. The number of hydrogen-bond acceptors (Lipinski definition) is 2. The topological polar surface area (TPSA) is 42.2 Å². The zero-order chi connectivity index (χ0) is 17.6. The van der Waals surface area contributed by atoms with Crippen LogP contribution in [0.5, 0.6) is 0 Å². The molecule has 1 fully saturated rings. The molecule has 0 aliphatic carbocycles. The second-order valence-electron chi connectivity index (χ2n) is 6.49. The number of benzene rings is 2. The van der Waals surface area contributed by atoms with Gasteiger partial charge in [0, 0.05) is 24.4 Å². The Morgan fingerprint density at radius 3 is 2.64 bits per heavy atom. The van der Waals surface area contributed by atoms with Gasteiger partial charge in [-0.1, -0.05) is 12.1 Å². The average Bonchev–Trinajstić information content (AvgIpc) is 3.23. The predicted molar refractivity (Wildman–Crippen MR) is 100.0 cm³/mol. The number of rotatable bonds is 3. The van der Waals surface area contributed by atoms with Crippen LogP contribution in [0.25, 0.3) is 22.0 Å². The van der Waals surface area contributed by atoms with E-state index in [2.05, 4.69) is 6.20 Å². The standard InChI is InChI=1S/C20H18FNO2S/c1-22-10-18(13-6-7-25-11-13)16-8-14(9-17(19(16)22)20(23)24)12-2-4-15(21)5-3-12/h2-5,8-10,13H,6-7,11H2,1H3,(H,23,24)/t13-/m1/s1. The van der Waals surface area contributed by atoms with E-state index in [0.717, 1.165) is 40.0 Å². The fourth-order valence-corrected chi connectivity index (χ4v) is 4.90. The van der Waals surface area contributed by atoms with Gasteiger partial charge < -0.3 is 9.67 Å². The molecule has 3 aromatic rings. The van der Waals surface area contributed by atoms with E-state index in [9.17, 15) is 14.3 Å². The maximum Gasteiger partial charge on any atom is 0.337 e. The zero-order valence-electron chi connectivity index (χ0n) is 13.8. The number of halogens is 1. The minimum atomic E-state index is -0.942. The molecule has 0 unspecified atom stereocenters. The van der Waals surface area contributed by atoms with E-state index < -0.39 is 5.97 Å². The van der Waals surface area contributed by atoms with Crippen molar-refractivity contribution in [1.29, 1.82) is 0 Å². The van der Waals surface area contributed by atoms with Crippen LogP contribution in [-0.4, -0.2) is 27.1 Å². The van der Waals surface area contributed by atoms with Crippen molar-refractivity contribution in [2.24, 2.45) is 7.05 Å². The molecular formula is C20H18FNO2S. The number of thioether (sulfide) groups is 1. The monoisotopic (exact) mass is 355 g/mol. The first-order valence-electron chi connectivity index (χ1n) is 8.24. The highest BCUT2D eigenvalue weighted by molar-refractivity contribution is 7.99. The van der Waals surface area contributed by atoms with Crippen molar-refractivity contribution in [1.82, 2.24) is 4.57 Å². The van der Waals surface area contributed by atoms with Crippen molar-refractivity contribution in [3.05, 3.63) is 59.5 Å². The molecule has 1 aromatic heterocycles. The minimum absolute atomic E-state index is 0.288. The molecule has 1 atom stereocenters. The third-order valence-corrected chi connectivity index (χ3v) is 6.05. The van der Waals surface area contributed by atoms with E-state index in [-0.39, 0.29) is 11.4 Å². The molecule has 0 saturated carbocycles. The normalized spacial score (nSPS) is 17.3. The molecule has 3 nitrogen and oxygen atoms in total. The highest BCUT2D eigenvalue weighted by Crippen LogP contribution is 2.39. The SMILES string of the molecule is Cn1cc([C@@H]2CCSC2)c2cc(-c3ccc(F)cc3)cc(C(=O)O)c21. The largest absolute Gasteiger partial charge is 0.478 e. The number of aryl methyl sites for hydroxylation is 1. The van der Waals surface area contributed by atoms with Gasteiger partial charge in [0.05, 0.1) is 11.1 Å². The molecular weight excluding hydrogens is 337 g/mol. The summed E-state index contributed by atoms with van der Waals surface area (Å²) in [5.41, 5.74) is 3.89. The fraction of sp³-hybridized carbons (Fsp3) is 0.250. The van der Waals surface area contributed by atoms with E-state index >= 15 is 0 Å². The third kappa shape index (κ3) is 2.82. The van der Waals surface area contributed by atoms with Crippen LogP contribution in [0, 0.1) is 5.82 Å². The summed E-state index contributed by atoms with van der Waals surface area (Å²) in [6.07, 6.45) is 3.19. The maximum atomic E-state index is 13.2. The van der Waals surface area contributed by atoms with Gasteiger partial charge in [-0.25, -0.2) is 9.18 Å². The second kappa shape index (κ2) is 6.23. The average molecular weight is 355 g/mol. The van der Waals surface area contributed by atoms with Gasteiger partial charge in [-0.05, 0) is 59.0 Å². The summed E-state index contributed by atoms with van der Waals surface area (Å²) in [6, 6.07) is 9.92. The summed E-state index contributed by atoms with van der Waals surface area (Å²) in [5, 5.41) is 10.7. The van der Waals surface area contributed by atoms with Crippen molar-refractivity contribution in [3.8, 4) is 11.1 Å². The number of nitrogens with zero attached hydrogens (tertiary/aromatic N) is 1. The van der Waals surface area contributed by atoms with Gasteiger partial charge in [-0.3, -0.25) is 0 Å². The molecule has 0 spiro atoms. The highest BCUT2D eigenvalue weighted by atomic mass is 32.2. The molecule has 1 aliphatic heterocycles. The Labute approximate surface area is 149 Å². The Morgan fingerprint density at radius 1 is 1.24 bits per heavy atom. The van der Waals surface area contributed by atoms with Crippen LogP contribution in [0.1, 0.15) is 28.3 Å². The number of aromatic nitrogens is 1. The quantitative estimate of drug-likeness (QED) is 0.726. The van der Waals surface area contributed by atoms with Crippen LogP contribution < -0.4 is 0 Å². The maximum absolute atomic E-state index is 13.2. The van der Waals surface area contributed by atoms with Crippen molar-refractivity contribution in [2.75, 3.05) is 11.5 Å². The Hall–Kier alpha value is -2.27. The van der Waals surface area contributed by atoms with Gasteiger partial charge >= 0.3 is 5.97 Å². The van der Waals surface area contributed by atoms with E-state index in [0.29, 0.717) is 5.92 Å². The number of aromatic carboxylic acids is 1. The second-order valence-corrected chi connectivity index (χ2v) is 7.64. The lowest BCUT2D eigenvalue weighted by Crippen LogP contribution is -2.01. The van der Waals surface area contributed by atoms with Crippen LogP contribution >= 0.6 is 11.8 Å². The molecule has 0 bridgehead atoms. The molecule has 0 radical (unpaired) electrons. The zero-order valence-corrected chi connectivity index (χ0v) is 14.6. The molecule has 0 amide bonds. The molecule has 4 rings (SSSR count). The number of carboxylic acids is 1. The lowest BCUT2D eigenvalue weighted by Gasteiger charge is -2.10. The highest BCUT2D eigenvalue weighted by Gasteiger charge is 2.24. The van der Waals surface area contributed by atoms with Crippen molar-refractivity contribution >= 4 is 28.6 Å². The molecule has 1 N–H and O–H groups in total. The van der Waals surface area contributed by atoms with Crippen LogP contribution in [0.2, 0.25) is 0 Å². The predicted octanol–water partition coefficient (Wildman–Crippen LogP) is 4.90. The Kier molecular flexibility index (Phi) is 4.04. The van der Waals surface area contributed by atoms with Crippen molar-refractivity contribution in [2.45, 2.75) is 12.3 Å². The summed E-state index contributed by atoms with van der Waals surface area (Å²) in [6.45, 7) is 0. The minimum Gasteiger partial charge on any atom is -0.478 e. The number of hydrogen-bond donors (Lipinski definition) is 1. The molecule has 2 heterocycles. The fourth-order valence-electron chi connectivity index (χ4n) is 3.65. The van der Waals surface area contributed by atoms with E-state index in [1.54, 1.807) is 18.2 Å². The van der Waals surface area contributed by atoms with Gasteiger partial charge in [0.25, 0.3) is 0 Å². The van der Waals surface area contributed by atoms with E-state index in [1.807, 2.05) is 29.4 Å². The third-order valence-electron chi connectivity index (χ3n) is 4.88. The number of fused-ring (bicyclic) bond motifs is 1. The van der Waals surface area contributed by atoms with Crippen LogP contribution in [-0.2, 0) is 7.05 Å². The van der Waals surface area contributed by atoms with Gasteiger partial charge in [-0.15, -0.1) is 0 Å². The number of carbonyl (C=O) groups is 1. The molecule has 1 aliphatic rings. The molecule has 5 heteroatoms. The summed E-state index contributed by atoms with van der Waals surface area (Å²) in [5.74, 6) is 1.43. The smallest absolute Gasteiger partial charge is 0.337 e. The van der Waals surface area contributed by atoms with Crippen LogP contribution in [0.4, 0.5) is 4.39 Å². The molecule has 2 aromatic carbocycles. The van der Waals surface area contributed by atoms with Gasteiger partial charge in [0.15, 0.2) is 0 Å². The summed E-state index contributed by atoms with van der Waals surface area (Å²) in [4.78, 5) is 11.9.